The number of cyclic esters (lactones) is 3. The average Bonchev–Trinajstić information content (AvgIpc) is 2.56. The molecule has 2 aliphatic rings. The maximum atomic E-state index is 11.4. The van der Waals surface area contributed by atoms with Crippen LogP contribution in [-0.4, -0.2) is 24.0 Å². The van der Waals surface area contributed by atoms with Crippen LogP contribution in [0.25, 0.3) is 0 Å². The van der Waals surface area contributed by atoms with Crippen LogP contribution in [-0.2, 0) is 23.9 Å². The molecule has 0 N–H and O–H groups in total. The summed E-state index contributed by atoms with van der Waals surface area (Å²) in [6.07, 6.45) is -0.207. The third kappa shape index (κ3) is 1.52. The molecular formula is C10H12O5. The Labute approximate surface area is 86.7 Å². The van der Waals surface area contributed by atoms with E-state index in [0.717, 1.165) is 0 Å². The first-order valence-corrected chi connectivity index (χ1v) is 4.95. The van der Waals surface area contributed by atoms with Crippen molar-refractivity contribution in [3.8, 4) is 0 Å². The van der Waals surface area contributed by atoms with Gasteiger partial charge in [-0.05, 0) is 0 Å². The molecule has 5 nitrogen and oxygen atoms in total. The lowest BCUT2D eigenvalue weighted by Crippen LogP contribution is -2.32. The van der Waals surface area contributed by atoms with Gasteiger partial charge in [-0.3, -0.25) is 14.4 Å². The Morgan fingerprint density at radius 3 is 2.20 bits per heavy atom. The van der Waals surface area contributed by atoms with E-state index in [1.165, 1.54) is 0 Å². The molecule has 0 aromatic carbocycles. The summed E-state index contributed by atoms with van der Waals surface area (Å²) in [5, 5.41) is 0. The van der Waals surface area contributed by atoms with Crippen molar-refractivity contribution in [3.63, 3.8) is 0 Å². The van der Waals surface area contributed by atoms with Gasteiger partial charge in [-0.15, -0.1) is 0 Å². The van der Waals surface area contributed by atoms with Crippen molar-refractivity contribution >= 4 is 17.9 Å². The van der Waals surface area contributed by atoms with E-state index in [4.69, 9.17) is 4.74 Å². The number of hydrogen-bond acceptors (Lipinski definition) is 5. The maximum absolute atomic E-state index is 11.4. The molecule has 0 spiro atoms. The molecule has 0 saturated carbocycles. The third-order valence-corrected chi connectivity index (χ3v) is 3.05. The third-order valence-electron chi connectivity index (χ3n) is 3.05. The molecule has 4 atom stereocenters. The molecule has 82 valence electrons. The minimum absolute atomic E-state index is 0.0385. The minimum Gasteiger partial charge on any atom is -0.461 e. The summed E-state index contributed by atoms with van der Waals surface area (Å²) < 4.78 is 9.57. The highest BCUT2D eigenvalue weighted by Gasteiger charge is 2.51. The van der Waals surface area contributed by atoms with E-state index in [-0.39, 0.29) is 11.9 Å². The van der Waals surface area contributed by atoms with Gasteiger partial charge in [0.15, 0.2) is 0 Å². The number of carbonyl (C=O) groups is 3. The van der Waals surface area contributed by atoms with Crippen LogP contribution in [0.3, 0.4) is 0 Å². The van der Waals surface area contributed by atoms with Crippen LogP contribution >= 0.6 is 0 Å². The number of carbonyl (C=O) groups excluding carboxylic acids is 3. The Morgan fingerprint density at radius 2 is 1.80 bits per heavy atom. The number of ether oxygens (including phenoxy) is 2. The van der Waals surface area contributed by atoms with E-state index < -0.39 is 29.9 Å². The smallest absolute Gasteiger partial charge is 0.321 e. The Kier molecular flexibility index (Phi) is 2.25. The van der Waals surface area contributed by atoms with E-state index in [2.05, 4.69) is 4.74 Å². The monoisotopic (exact) mass is 212 g/mol. The number of hydrogen-bond donors (Lipinski definition) is 0. The van der Waals surface area contributed by atoms with Crippen molar-refractivity contribution in [2.45, 2.75) is 26.4 Å². The van der Waals surface area contributed by atoms with Crippen LogP contribution in [0, 0.1) is 17.8 Å². The molecule has 2 aliphatic heterocycles. The average molecular weight is 212 g/mol. The predicted octanol–water partition coefficient (Wildman–Crippen LogP) is 0.274. The Balaban J connectivity index is 2.20. The summed E-state index contributed by atoms with van der Waals surface area (Å²) >= 11 is 0. The van der Waals surface area contributed by atoms with E-state index in [9.17, 15) is 14.4 Å². The van der Waals surface area contributed by atoms with Crippen molar-refractivity contribution in [3.05, 3.63) is 0 Å². The van der Waals surface area contributed by atoms with Gasteiger partial charge in [0.25, 0.3) is 0 Å². The topological polar surface area (TPSA) is 69.7 Å². The van der Waals surface area contributed by atoms with Gasteiger partial charge < -0.3 is 9.47 Å². The van der Waals surface area contributed by atoms with Gasteiger partial charge >= 0.3 is 17.9 Å². The number of rotatable bonds is 1. The standard InChI is InChI=1S/C10H12O5/c1-4-3-6(11)14-8(4)7-5(2)9(12)15-10(7)13/h4-5,7-8H,3H2,1-2H3. The zero-order valence-electron chi connectivity index (χ0n) is 8.56. The van der Waals surface area contributed by atoms with Crippen molar-refractivity contribution in [1.82, 2.24) is 0 Å². The molecule has 0 bridgehead atoms. The van der Waals surface area contributed by atoms with Crippen LogP contribution in [0.1, 0.15) is 20.3 Å². The second kappa shape index (κ2) is 3.32. The van der Waals surface area contributed by atoms with Crippen molar-refractivity contribution in [2.75, 3.05) is 0 Å². The fourth-order valence-electron chi connectivity index (χ4n) is 2.15. The Bertz CT molecular complexity index is 335. The Hall–Kier alpha value is -1.39. The molecule has 2 rings (SSSR count). The van der Waals surface area contributed by atoms with Gasteiger partial charge in [0.2, 0.25) is 0 Å². The first-order valence-electron chi connectivity index (χ1n) is 4.95. The molecule has 5 heteroatoms. The Morgan fingerprint density at radius 1 is 1.13 bits per heavy atom. The highest BCUT2D eigenvalue weighted by Crippen LogP contribution is 2.36. The van der Waals surface area contributed by atoms with Gasteiger partial charge in [0.1, 0.15) is 12.0 Å². The molecule has 0 aromatic rings. The molecule has 0 aromatic heterocycles. The van der Waals surface area contributed by atoms with Gasteiger partial charge in [0.05, 0.1) is 12.3 Å². The molecule has 4 unspecified atom stereocenters. The molecule has 0 amide bonds. The lowest BCUT2D eigenvalue weighted by atomic mass is 9.85. The normalized spacial score (nSPS) is 40.5. The largest absolute Gasteiger partial charge is 0.461 e. The van der Waals surface area contributed by atoms with Crippen LogP contribution in [0.2, 0.25) is 0 Å². The summed E-state index contributed by atoms with van der Waals surface area (Å²) in [5.74, 6) is -2.59. The van der Waals surface area contributed by atoms with Crippen LogP contribution < -0.4 is 0 Å². The van der Waals surface area contributed by atoms with Crippen LogP contribution in [0.4, 0.5) is 0 Å². The first-order chi connectivity index (χ1) is 7.00. The molecule has 2 fully saturated rings. The first kappa shape index (κ1) is 10.1. The highest BCUT2D eigenvalue weighted by atomic mass is 16.6. The summed E-state index contributed by atoms with van der Waals surface area (Å²) in [6, 6.07) is 0. The van der Waals surface area contributed by atoms with Crippen LogP contribution in [0.5, 0.6) is 0 Å². The lowest BCUT2D eigenvalue weighted by molar-refractivity contribution is -0.155. The summed E-state index contributed by atoms with van der Waals surface area (Å²) in [4.78, 5) is 33.6. The van der Waals surface area contributed by atoms with Crippen molar-refractivity contribution in [1.29, 1.82) is 0 Å². The molecule has 0 aliphatic carbocycles. The molecule has 2 heterocycles. The SMILES string of the molecule is CC1CC(=O)OC1C1C(=O)OC(=O)C1C. The summed E-state index contributed by atoms with van der Waals surface area (Å²) in [6.45, 7) is 3.45. The quantitative estimate of drug-likeness (QED) is 0.461. The zero-order valence-corrected chi connectivity index (χ0v) is 8.56. The summed E-state index contributed by atoms with van der Waals surface area (Å²) in [7, 11) is 0. The molecule has 2 saturated heterocycles. The van der Waals surface area contributed by atoms with Gasteiger partial charge in [-0.25, -0.2) is 0 Å². The van der Waals surface area contributed by atoms with E-state index >= 15 is 0 Å². The minimum atomic E-state index is -0.626. The fourth-order valence-corrected chi connectivity index (χ4v) is 2.15. The highest BCUT2D eigenvalue weighted by molar-refractivity contribution is 5.96. The second-order valence-electron chi connectivity index (χ2n) is 4.19. The van der Waals surface area contributed by atoms with Gasteiger partial charge in [0, 0.05) is 5.92 Å². The van der Waals surface area contributed by atoms with Crippen molar-refractivity contribution in [2.24, 2.45) is 17.8 Å². The number of esters is 3. The van der Waals surface area contributed by atoms with Gasteiger partial charge in [-0.1, -0.05) is 13.8 Å². The predicted molar refractivity (Wildman–Crippen MR) is 47.4 cm³/mol. The van der Waals surface area contributed by atoms with E-state index in [0.29, 0.717) is 6.42 Å². The zero-order chi connectivity index (χ0) is 11.2. The van der Waals surface area contributed by atoms with Crippen LogP contribution in [0.15, 0.2) is 0 Å². The second-order valence-corrected chi connectivity index (χ2v) is 4.19. The van der Waals surface area contributed by atoms with E-state index in [1.54, 1.807) is 6.92 Å². The fraction of sp³-hybridized carbons (Fsp3) is 0.700. The summed E-state index contributed by atoms with van der Waals surface area (Å²) in [5.41, 5.74) is 0. The van der Waals surface area contributed by atoms with E-state index in [1.807, 2.05) is 6.92 Å². The molecular weight excluding hydrogens is 200 g/mol. The van der Waals surface area contributed by atoms with Crippen molar-refractivity contribution < 1.29 is 23.9 Å². The lowest BCUT2D eigenvalue weighted by Gasteiger charge is -2.19. The molecule has 15 heavy (non-hydrogen) atoms. The van der Waals surface area contributed by atoms with Gasteiger partial charge in [-0.2, -0.15) is 0 Å². The maximum Gasteiger partial charge on any atom is 0.321 e. The molecule has 0 radical (unpaired) electrons.